The van der Waals surface area contributed by atoms with Crippen molar-refractivity contribution in [3.05, 3.63) is 22.4 Å². The molecule has 1 aliphatic heterocycles. The number of rotatable bonds is 2. The van der Waals surface area contributed by atoms with E-state index in [0.29, 0.717) is 5.69 Å². The topological polar surface area (TPSA) is 36.1 Å². The Kier molecular flexibility index (Phi) is 4.49. The van der Waals surface area contributed by atoms with Crippen molar-refractivity contribution >= 4 is 21.8 Å². The minimum atomic E-state index is 0.130. The molecule has 1 aromatic heterocycles. The van der Waals surface area contributed by atoms with E-state index in [2.05, 4.69) is 34.8 Å². The van der Waals surface area contributed by atoms with Gasteiger partial charge in [0.05, 0.1) is 0 Å². The molecule has 2 rings (SSSR count). The van der Waals surface area contributed by atoms with E-state index in [0.717, 1.165) is 42.2 Å². The number of nitrogens with zero attached hydrogens (tertiary/aromatic N) is 1. The monoisotopic (exact) mass is 312 g/mol. The van der Waals surface area contributed by atoms with Gasteiger partial charge in [-0.2, -0.15) is 0 Å². The van der Waals surface area contributed by atoms with E-state index in [9.17, 15) is 4.79 Å². The quantitative estimate of drug-likeness (QED) is 0.888. The van der Waals surface area contributed by atoms with Crippen molar-refractivity contribution in [1.82, 2.24) is 9.88 Å². The van der Waals surface area contributed by atoms with Crippen molar-refractivity contribution < 1.29 is 4.79 Å². The smallest absolute Gasteiger partial charge is 0.270 e. The Morgan fingerprint density at radius 2 is 2.22 bits per heavy atom. The van der Waals surface area contributed by atoms with Gasteiger partial charge >= 0.3 is 0 Å². The van der Waals surface area contributed by atoms with Gasteiger partial charge in [-0.15, -0.1) is 0 Å². The first-order valence-electron chi connectivity index (χ1n) is 6.71. The number of H-pyrrole nitrogens is 1. The van der Waals surface area contributed by atoms with Gasteiger partial charge in [-0.1, -0.05) is 13.8 Å². The molecule has 100 valence electrons. The first-order valence-corrected chi connectivity index (χ1v) is 7.50. The Balaban J connectivity index is 1.99. The molecule has 0 saturated carbocycles. The summed E-state index contributed by atoms with van der Waals surface area (Å²) in [7, 11) is 0. The Bertz CT molecular complexity index is 414. The number of halogens is 1. The van der Waals surface area contributed by atoms with Crippen LogP contribution in [-0.4, -0.2) is 28.9 Å². The second kappa shape index (κ2) is 5.91. The number of nitrogens with one attached hydrogen (secondary N) is 1. The van der Waals surface area contributed by atoms with Gasteiger partial charge in [-0.3, -0.25) is 4.79 Å². The predicted octanol–water partition coefficient (Wildman–Crippen LogP) is 3.68. The average Bonchev–Trinajstić information content (AvgIpc) is 2.63. The van der Waals surface area contributed by atoms with Crippen LogP contribution in [0, 0.1) is 11.8 Å². The van der Waals surface area contributed by atoms with E-state index in [-0.39, 0.29) is 5.91 Å². The zero-order valence-electron chi connectivity index (χ0n) is 11.1. The number of carbonyl (C=O) groups is 1. The molecule has 1 amide bonds. The van der Waals surface area contributed by atoms with Gasteiger partial charge in [0, 0.05) is 23.8 Å². The first-order chi connectivity index (χ1) is 8.58. The summed E-state index contributed by atoms with van der Waals surface area (Å²) in [6.07, 6.45) is 5.31. The summed E-state index contributed by atoms with van der Waals surface area (Å²) in [4.78, 5) is 17.3. The molecule has 1 aromatic rings. The third kappa shape index (κ3) is 3.16. The van der Waals surface area contributed by atoms with Crippen LogP contribution >= 0.6 is 15.9 Å². The summed E-state index contributed by atoms with van der Waals surface area (Å²) >= 11 is 3.37. The molecular weight excluding hydrogens is 292 g/mol. The van der Waals surface area contributed by atoms with Gasteiger partial charge in [0.2, 0.25) is 0 Å². The number of carbonyl (C=O) groups excluding carboxylic acids is 1. The SMILES string of the molecule is CC(C)C1CCCN(C(=O)c2cc(Br)c[nH]2)CC1. The van der Waals surface area contributed by atoms with Gasteiger partial charge in [0.1, 0.15) is 5.69 Å². The molecule has 2 heterocycles. The number of hydrogen-bond acceptors (Lipinski definition) is 1. The fourth-order valence-electron chi connectivity index (χ4n) is 2.65. The van der Waals surface area contributed by atoms with E-state index >= 15 is 0 Å². The summed E-state index contributed by atoms with van der Waals surface area (Å²) in [6.45, 7) is 6.34. The Morgan fingerprint density at radius 1 is 1.44 bits per heavy atom. The Hall–Kier alpha value is -0.770. The summed E-state index contributed by atoms with van der Waals surface area (Å²) in [5.74, 6) is 1.61. The summed E-state index contributed by atoms with van der Waals surface area (Å²) in [5.41, 5.74) is 0.685. The van der Waals surface area contributed by atoms with Crippen molar-refractivity contribution in [2.24, 2.45) is 11.8 Å². The maximum atomic E-state index is 12.3. The highest BCUT2D eigenvalue weighted by Crippen LogP contribution is 2.25. The first kappa shape index (κ1) is 13.7. The number of aromatic amines is 1. The van der Waals surface area contributed by atoms with Crippen LogP contribution in [0.2, 0.25) is 0 Å². The molecule has 1 aliphatic rings. The van der Waals surface area contributed by atoms with Crippen LogP contribution in [0.4, 0.5) is 0 Å². The minimum absolute atomic E-state index is 0.130. The van der Waals surface area contributed by atoms with E-state index < -0.39 is 0 Å². The lowest BCUT2D eigenvalue weighted by Crippen LogP contribution is -2.32. The van der Waals surface area contributed by atoms with Crippen LogP contribution in [0.5, 0.6) is 0 Å². The number of likely N-dealkylation sites (tertiary alicyclic amines) is 1. The lowest BCUT2D eigenvalue weighted by Gasteiger charge is -2.21. The normalized spacial score (nSPS) is 21.1. The zero-order valence-corrected chi connectivity index (χ0v) is 12.7. The molecule has 0 bridgehead atoms. The molecule has 1 fully saturated rings. The zero-order chi connectivity index (χ0) is 13.1. The van der Waals surface area contributed by atoms with Gasteiger partial charge < -0.3 is 9.88 Å². The van der Waals surface area contributed by atoms with Crippen LogP contribution in [0.3, 0.4) is 0 Å². The largest absolute Gasteiger partial charge is 0.356 e. The fourth-order valence-corrected chi connectivity index (χ4v) is 3.00. The standard InChI is InChI=1S/C14H21BrN2O/c1-10(2)11-4-3-6-17(7-5-11)14(18)13-8-12(15)9-16-13/h8-11,16H,3-7H2,1-2H3. The number of hydrogen-bond donors (Lipinski definition) is 1. The van der Waals surface area contributed by atoms with Crippen molar-refractivity contribution in [3.63, 3.8) is 0 Å². The van der Waals surface area contributed by atoms with Crippen LogP contribution in [0.25, 0.3) is 0 Å². The Labute approximate surface area is 117 Å². The van der Waals surface area contributed by atoms with Crippen molar-refractivity contribution in [2.45, 2.75) is 33.1 Å². The van der Waals surface area contributed by atoms with Gasteiger partial charge in [0.25, 0.3) is 5.91 Å². The molecule has 1 N–H and O–H groups in total. The molecule has 18 heavy (non-hydrogen) atoms. The van der Waals surface area contributed by atoms with Crippen molar-refractivity contribution in [2.75, 3.05) is 13.1 Å². The summed E-state index contributed by atoms with van der Waals surface area (Å²) < 4.78 is 0.931. The van der Waals surface area contributed by atoms with E-state index in [4.69, 9.17) is 0 Å². The molecule has 0 aliphatic carbocycles. The predicted molar refractivity (Wildman–Crippen MR) is 76.6 cm³/mol. The second-order valence-corrected chi connectivity index (χ2v) is 6.37. The third-order valence-electron chi connectivity index (χ3n) is 3.88. The molecule has 4 heteroatoms. The van der Waals surface area contributed by atoms with E-state index in [1.54, 1.807) is 0 Å². The Morgan fingerprint density at radius 3 is 2.83 bits per heavy atom. The van der Waals surface area contributed by atoms with Crippen LogP contribution in [-0.2, 0) is 0 Å². The number of amides is 1. The van der Waals surface area contributed by atoms with Crippen LogP contribution < -0.4 is 0 Å². The highest BCUT2D eigenvalue weighted by atomic mass is 79.9. The lowest BCUT2D eigenvalue weighted by molar-refractivity contribution is 0.0753. The van der Waals surface area contributed by atoms with Crippen molar-refractivity contribution in [3.8, 4) is 0 Å². The average molecular weight is 313 g/mol. The highest BCUT2D eigenvalue weighted by Gasteiger charge is 2.23. The maximum Gasteiger partial charge on any atom is 0.270 e. The molecule has 1 atom stereocenters. The minimum Gasteiger partial charge on any atom is -0.356 e. The molecular formula is C14H21BrN2O. The van der Waals surface area contributed by atoms with Gasteiger partial charge in [0.15, 0.2) is 0 Å². The van der Waals surface area contributed by atoms with E-state index in [1.807, 2.05) is 17.2 Å². The number of aromatic nitrogens is 1. The third-order valence-corrected chi connectivity index (χ3v) is 4.34. The lowest BCUT2D eigenvalue weighted by atomic mass is 9.89. The maximum absolute atomic E-state index is 12.3. The van der Waals surface area contributed by atoms with Gasteiger partial charge in [-0.25, -0.2) is 0 Å². The van der Waals surface area contributed by atoms with Gasteiger partial charge in [-0.05, 0) is 53.1 Å². The fraction of sp³-hybridized carbons (Fsp3) is 0.643. The highest BCUT2D eigenvalue weighted by molar-refractivity contribution is 9.10. The van der Waals surface area contributed by atoms with Crippen LogP contribution in [0.1, 0.15) is 43.6 Å². The van der Waals surface area contributed by atoms with E-state index in [1.165, 1.54) is 6.42 Å². The molecule has 0 aromatic carbocycles. The molecule has 0 radical (unpaired) electrons. The molecule has 1 saturated heterocycles. The van der Waals surface area contributed by atoms with Crippen molar-refractivity contribution in [1.29, 1.82) is 0 Å². The summed E-state index contributed by atoms with van der Waals surface area (Å²) in [6, 6.07) is 1.85. The van der Waals surface area contributed by atoms with Crippen LogP contribution in [0.15, 0.2) is 16.7 Å². The summed E-state index contributed by atoms with van der Waals surface area (Å²) in [5, 5.41) is 0. The molecule has 3 nitrogen and oxygen atoms in total. The molecule has 0 spiro atoms. The molecule has 1 unspecified atom stereocenters. The second-order valence-electron chi connectivity index (χ2n) is 5.46.